The predicted octanol–water partition coefficient (Wildman–Crippen LogP) is 5.89. The van der Waals surface area contributed by atoms with Gasteiger partial charge < -0.3 is 32.4 Å². The Balaban J connectivity index is -0.0000000589. The molecule has 0 aromatic carbocycles. The normalized spacial score (nSPS) is 12.1. The van der Waals surface area contributed by atoms with Gasteiger partial charge in [0.25, 0.3) is 0 Å². The largest absolute Gasteiger partial charge is 1.00 e. The van der Waals surface area contributed by atoms with E-state index in [1.807, 2.05) is 6.92 Å². The summed E-state index contributed by atoms with van der Waals surface area (Å²) in [5, 5.41) is 8.07. The number of rotatable bonds is 4. The number of ether oxygens (including phenoxy) is 2. The fourth-order valence-electron chi connectivity index (χ4n) is 2.02. The van der Waals surface area contributed by atoms with Gasteiger partial charge in [-0.05, 0) is 34.7 Å². The number of nitrogens with two attached hydrogens (primary N) is 2. The number of piperidine rings is 1. The van der Waals surface area contributed by atoms with Crippen molar-refractivity contribution in [2.24, 2.45) is 5.92 Å². The van der Waals surface area contributed by atoms with Crippen LogP contribution < -0.4 is 0 Å². The Bertz CT molecular complexity index is 579. The van der Waals surface area contributed by atoms with E-state index in [-0.39, 0.29) is 81.4 Å². The molecule has 0 unspecified atom stereocenters. The molecule has 0 atom stereocenters. The zero-order valence-electron chi connectivity index (χ0n) is 18.1. The number of esters is 2. The molecule has 0 aromatic rings. The SMILES string of the molecule is CCOC(=O)C1=CC[N-]C=C1.CCOC(=O)C1CC[N-]CC1.[Cu+].[Cu+].[Cu].[N-]=[N+]=N.[N-]=[N+]=N.[NH2-].[NH2-]. The third-order valence-electron chi connectivity index (χ3n) is 3.18. The Morgan fingerprint density at radius 2 is 1.52 bits per heavy atom. The Hall–Kier alpha value is -1.72. The maximum absolute atomic E-state index is 11.1. The van der Waals surface area contributed by atoms with Gasteiger partial charge in [-0.2, -0.15) is 6.20 Å². The van der Waals surface area contributed by atoms with E-state index < -0.39 is 0 Å². The van der Waals surface area contributed by atoms with Crippen LogP contribution in [0.1, 0.15) is 26.7 Å². The van der Waals surface area contributed by atoms with Crippen LogP contribution in [0.5, 0.6) is 0 Å². The van der Waals surface area contributed by atoms with Crippen molar-refractivity contribution < 1.29 is 70.3 Å². The molecule has 0 aromatic heterocycles. The molecule has 203 valence electrons. The van der Waals surface area contributed by atoms with Gasteiger partial charge >= 0.3 is 46.1 Å². The average Bonchev–Trinajstić information content (AvgIpc) is 2.71. The molecule has 14 nitrogen and oxygen atoms in total. The molecule has 33 heavy (non-hydrogen) atoms. The van der Waals surface area contributed by atoms with Gasteiger partial charge in [-0.15, -0.1) is 30.7 Å². The number of carbonyl (C=O) groups is 2. The van der Waals surface area contributed by atoms with Crippen LogP contribution in [0, 0.1) is 17.0 Å². The van der Waals surface area contributed by atoms with Gasteiger partial charge in [0.2, 0.25) is 0 Å². The Kier molecular flexibility index (Phi) is 55.4. The molecule has 0 aliphatic carbocycles. The summed E-state index contributed by atoms with van der Waals surface area (Å²) < 4.78 is 9.68. The first-order chi connectivity index (χ1) is 13.5. The zero-order valence-corrected chi connectivity index (χ0v) is 21.0. The predicted molar refractivity (Wildman–Crippen MR) is 114 cm³/mol. The molecule has 17 heteroatoms. The molecule has 0 bridgehead atoms. The molecule has 0 amide bonds. The van der Waals surface area contributed by atoms with Crippen molar-refractivity contribution in [1.82, 2.24) is 0 Å². The third kappa shape index (κ3) is 30.3. The van der Waals surface area contributed by atoms with Crippen molar-refractivity contribution >= 4 is 11.9 Å². The van der Waals surface area contributed by atoms with Crippen LogP contribution >= 0.6 is 0 Å². The van der Waals surface area contributed by atoms with Crippen LogP contribution in [0.3, 0.4) is 0 Å². The zero-order chi connectivity index (χ0) is 21.6. The fraction of sp³-hybridized carbons (Fsp3) is 0.625. The maximum Gasteiger partial charge on any atom is 1.00 e. The second-order valence-corrected chi connectivity index (χ2v) is 4.96. The Labute approximate surface area is 225 Å². The quantitative estimate of drug-likeness (QED) is 0.128. The molecule has 0 spiro atoms. The first kappa shape index (κ1) is 48.6. The van der Waals surface area contributed by atoms with Crippen LogP contribution in [-0.4, -0.2) is 44.8 Å². The molecule has 0 saturated carbocycles. The topological polar surface area (TPSA) is 268 Å². The number of hydrogen-bond donors (Lipinski definition) is 2. The van der Waals surface area contributed by atoms with Crippen molar-refractivity contribution in [3.8, 4) is 0 Å². The number of nitrogens with one attached hydrogen (secondary N) is 2. The van der Waals surface area contributed by atoms with Gasteiger partial charge in [0, 0.05) is 17.1 Å². The summed E-state index contributed by atoms with van der Waals surface area (Å²) in [5.41, 5.74) is 25.1. The number of hydrogen-bond acceptors (Lipinski definition) is 6. The first-order valence-electron chi connectivity index (χ1n) is 8.54. The summed E-state index contributed by atoms with van der Waals surface area (Å²) in [4.78, 5) is 25.6. The first-order valence-corrected chi connectivity index (χ1v) is 8.54. The average molecular weight is 617 g/mol. The van der Waals surface area contributed by atoms with E-state index in [1.54, 1.807) is 35.1 Å². The number of nitrogens with zero attached hydrogens (tertiary/aromatic N) is 6. The molecule has 6 N–H and O–H groups in total. The van der Waals surface area contributed by atoms with Gasteiger partial charge in [0.1, 0.15) is 0 Å². The van der Waals surface area contributed by atoms with E-state index in [9.17, 15) is 9.59 Å². The molecular weight excluding hydrogens is 587 g/mol. The van der Waals surface area contributed by atoms with E-state index in [0.29, 0.717) is 25.3 Å². The minimum atomic E-state index is -0.265. The maximum atomic E-state index is 11.1. The molecule has 2 aliphatic heterocycles. The van der Waals surface area contributed by atoms with Gasteiger partial charge in [-0.1, -0.05) is 25.0 Å². The minimum Gasteiger partial charge on any atom is -0.693 e. The van der Waals surface area contributed by atoms with E-state index in [2.05, 4.69) is 10.6 Å². The Morgan fingerprint density at radius 1 is 1.06 bits per heavy atom. The Morgan fingerprint density at radius 3 is 1.88 bits per heavy atom. The smallest absolute Gasteiger partial charge is 0.693 e. The second-order valence-electron chi connectivity index (χ2n) is 4.96. The van der Waals surface area contributed by atoms with Crippen LogP contribution in [-0.2, 0) is 70.3 Å². The number of carbonyl (C=O) groups excluding carboxylic acids is 2. The van der Waals surface area contributed by atoms with E-state index in [4.69, 9.17) is 31.6 Å². The monoisotopic (exact) mass is 615 g/mol. The summed E-state index contributed by atoms with van der Waals surface area (Å²) in [6, 6.07) is 0. The van der Waals surface area contributed by atoms with Gasteiger partial charge in [0.05, 0.1) is 24.7 Å². The van der Waals surface area contributed by atoms with Crippen LogP contribution in [0.25, 0.3) is 43.8 Å². The van der Waals surface area contributed by atoms with E-state index >= 15 is 0 Å². The van der Waals surface area contributed by atoms with Gasteiger partial charge in [0.15, 0.2) is 0 Å². The fourth-order valence-corrected chi connectivity index (χ4v) is 2.02. The van der Waals surface area contributed by atoms with Crippen LogP contribution in [0.4, 0.5) is 0 Å². The van der Waals surface area contributed by atoms with Crippen LogP contribution in [0.15, 0.2) is 23.9 Å². The molecule has 1 fully saturated rings. The second kappa shape index (κ2) is 37.6. The summed E-state index contributed by atoms with van der Waals surface area (Å²) in [7, 11) is 0. The summed E-state index contributed by atoms with van der Waals surface area (Å²) in [5.74, 6) is -0.187. The molecular formula is C16H30Cu3N10O4-2. The molecule has 2 aliphatic rings. The minimum absolute atomic E-state index is 0. The van der Waals surface area contributed by atoms with Crippen molar-refractivity contribution in [2.75, 3.05) is 32.8 Å². The summed E-state index contributed by atoms with van der Waals surface area (Å²) >= 11 is 0. The van der Waals surface area contributed by atoms with E-state index in [1.165, 1.54) is 0 Å². The molecule has 2 rings (SSSR count). The van der Waals surface area contributed by atoms with E-state index in [0.717, 1.165) is 25.9 Å². The van der Waals surface area contributed by atoms with Gasteiger partial charge in [-0.25, -0.2) is 4.79 Å². The standard InChI is InChI=1S/C8H14NO2.C8H10NO2.3Cu.2HN3.2H2N/c2*1-2-11-8(10)7-3-5-9-6-4-7;;;;2*1-3-2;;/h7H,2-6H2,1H3;3-5H,2,6H2,1H3;;;;2*1H;2*1H2/q2*-1;;2*+1;;;2*-1. The summed E-state index contributed by atoms with van der Waals surface area (Å²) in [6.07, 6.45) is 6.77. The van der Waals surface area contributed by atoms with Crippen LogP contribution in [0.2, 0.25) is 0 Å². The summed E-state index contributed by atoms with van der Waals surface area (Å²) in [6.45, 7) is 6.76. The molecule has 2 heterocycles. The molecule has 1 saturated heterocycles. The van der Waals surface area contributed by atoms with Crippen molar-refractivity contribution in [1.29, 1.82) is 11.1 Å². The van der Waals surface area contributed by atoms with Crippen molar-refractivity contribution in [3.63, 3.8) is 0 Å². The molecule has 1 radical (unpaired) electrons. The van der Waals surface area contributed by atoms with Crippen molar-refractivity contribution in [3.05, 3.63) is 67.7 Å². The third-order valence-corrected chi connectivity index (χ3v) is 3.18. The van der Waals surface area contributed by atoms with Crippen molar-refractivity contribution in [2.45, 2.75) is 26.7 Å². The van der Waals surface area contributed by atoms with Gasteiger partial charge in [-0.3, -0.25) is 4.79 Å².